The van der Waals surface area contributed by atoms with Crippen LogP contribution in [0.4, 0.5) is 5.69 Å². The van der Waals surface area contributed by atoms with Crippen molar-refractivity contribution >= 4 is 29.0 Å². The standard InChI is InChI=1S/C19H21N3O.ClH/c1-20-12-15(23)13-21-19-11-18(14-7-3-2-4-8-14)22-17-10-6-5-9-16(17)19;/h2-11,15,20,23H,12-13H2,1H3,(H,21,22);1H. The first kappa shape index (κ1) is 18.2. The lowest BCUT2D eigenvalue weighted by Crippen LogP contribution is -2.30. The molecule has 3 rings (SSSR count). The molecule has 126 valence electrons. The molecule has 2 aromatic carbocycles. The summed E-state index contributed by atoms with van der Waals surface area (Å²) in [5.41, 5.74) is 3.94. The van der Waals surface area contributed by atoms with Gasteiger partial charge in [-0.15, -0.1) is 12.4 Å². The summed E-state index contributed by atoms with van der Waals surface area (Å²) in [7, 11) is 1.83. The Hall–Kier alpha value is -2.14. The normalized spacial score (nSPS) is 11.8. The van der Waals surface area contributed by atoms with E-state index in [1.165, 1.54) is 0 Å². The first-order valence-electron chi connectivity index (χ1n) is 7.79. The molecule has 24 heavy (non-hydrogen) atoms. The van der Waals surface area contributed by atoms with Crippen LogP contribution in [0.15, 0.2) is 60.7 Å². The van der Waals surface area contributed by atoms with Crippen molar-refractivity contribution < 1.29 is 5.11 Å². The van der Waals surface area contributed by atoms with Crippen molar-refractivity contribution in [2.24, 2.45) is 0 Å². The highest BCUT2D eigenvalue weighted by Gasteiger charge is 2.09. The molecule has 1 atom stereocenters. The Kier molecular flexibility index (Phi) is 6.55. The molecule has 1 heterocycles. The molecule has 0 radical (unpaired) electrons. The molecule has 0 saturated carbocycles. The minimum absolute atomic E-state index is 0. The van der Waals surface area contributed by atoms with Crippen molar-refractivity contribution in [1.82, 2.24) is 10.3 Å². The first-order valence-corrected chi connectivity index (χ1v) is 7.79. The molecule has 0 aliphatic carbocycles. The van der Waals surface area contributed by atoms with E-state index in [0.29, 0.717) is 13.1 Å². The van der Waals surface area contributed by atoms with Gasteiger partial charge in [0.05, 0.1) is 17.3 Å². The summed E-state index contributed by atoms with van der Waals surface area (Å²) in [4.78, 5) is 4.75. The number of rotatable bonds is 6. The molecule has 0 bridgehead atoms. The van der Waals surface area contributed by atoms with Crippen LogP contribution in [0, 0.1) is 0 Å². The lowest BCUT2D eigenvalue weighted by molar-refractivity contribution is 0.187. The Bertz CT molecular complexity index is 780. The van der Waals surface area contributed by atoms with Crippen LogP contribution in [0.5, 0.6) is 0 Å². The van der Waals surface area contributed by atoms with Gasteiger partial charge in [-0.25, -0.2) is 4.98 Å². The zero-order valence-corrected chi connectivity index (χ0v) is 14.4. The van der Waals surface area contributed by atoms with Crippen LogP contribution in [0.1, 0.15) is 0 Å². The number of pyridine rings is 1. The average Bonchev–Trinajstić information content (AvgIpc) is 2.60. The molecular weight excluding hydrogens is 322 g/mol. The number of anilines is 1. The van der Waals surface area contributed by atoms with Gasteiger partial charge in [0.2, 0.25) is 0 Å². The van der Waals surface area contributed by atoms with Gasteiger partial charge in [0.1, 0.15) is 0 Å². The molecule has 4 nitrogen and oxygen atoms in total. The number of halogens is 1. The Morgan fingerprint density at radius 2 is 1.71 bits per heavy atom. The molecule has 0 aliphatic rings. The highest BCUT2D eigenvalue weighted by Crippen LogP contribution is 2.28. The molecular formula is C19H22ClN3O. The number of para-hydroxylation sites is 1. The maximum Gasteiger partial charge on any atom is 0.0836 e. The van der Waals surface area contributed by atoms with Crippen LogP contribution in [0.2, 0.25) is 0 Å². The van der Waals surface area contributed by atoms with Crippen molar-refractivity contribution in [2.75, 3.05) is 25.5 Å². The molecule has 3 N–H and O–H groups in total. The summed E-state index contributed by atoms with van der Waals surface area (Å²) >= 11 is 0. The van der Waals surface area contributed by atoms with Crippen molar-refractivity contribution in [1.29, 1.82) is 0 Å². The fraction of sp³-hybridized carbons (Fsp3) is 0.211. The van der Waals surface area contributed by atoms with Gasteiger partial charge >= 0.3 is 0 Å². The van der Waals surface area contributed by atoms with Gasteiger partial charge in [-0.05, 0) is 19.2 Å². The third-order valence-electron chi connectivity index (χ3n) is 3.75. The number of hydrogen-bond acceptors (Lipinski definition) is 4. The predicted octanol–water partition coefficient (Wildman–Crippen LogP) is 3.32. The van der Waals surface area contributed by atoms with Gasteiger partial charge in [0, 0.05) is 29.7 Å². The summed E-state index contributed by atoms with van der Waals surface area (Å²) in [6.07, 6.45) is -0.438. The van der Waals surface area contributed by atoms with Gasteiger partial charge in [-0.2, -0.15) is 0 Å². The number of aromatic nitrogens is 1. The molecule has 0 fully saturated rings. The fourth-order valence-corrected chi connectivity index (χ4v) is 2.61. The molecule has 1 unspecified atom stereocenters. The van der Waals surface area contributed by atoms with E-state index in [1.54, 1.807) is 0 Å². The van der Waals surface area contributed by atoms with Crippen LogP contribution in [-0.2, 0) is 0 Å². The second-order valence-corrected chi connectivity index (χ2v) is 5.53. The van der Waals surface area contributed by atoms with E-state index in [0.717, 1.165) is 27.8 Å². The zero-order valence-electron chi connectivity index (χ0n) is 13.6. The predicted molar refractivity (Wildman–Crippen MR) is 103 cm³/mol. The largest absolute Gasteiger partial charge is 0.390 e. The van der Waals surface area contributed by atoms with Crippen molar-refractivity contribution in [3.8, 4) is 11.3 Å². The van der Waals surface area contributed by atoms with Crippen LogP contribution >= 0.6 is 12.4 Å². The maximum absolute atomic E-state index is 9.93. The van der Waals surface area contributed by atoms with Crippen LogP contribution in [-0.4, -0.2) is 36.3 Å². The van der Waals surface area contributed by atoms with E-state index in [2.05, 4.69) is 22.8 Å². The maximum atomic E-state index is 9.93. The fourth-order valence-electron chi connectivity index (χ4n) is 2.61. The molecule has 0 spiro atoms. The van der Waals surface area contributed by atoms with E-state index in [-0.39, 0.29) is 12.4 Å². The summed E-state index contributed by atoms with van der Waals surface area (Å²) in [5.74, 6) is 0. The molecule has 0 amide bonds. The lowest BCUT2D eigenvalue weighted by Gasteiger charge is -2.15. The summed E-state index contributed by atoms with van der Waals surface area (Å²) in [6, 6.07) is 20.2. The van der Waals surface area contributed by atoms with Gasteiger partial charge in [0.15, 0.2) is 0 Å². The number of aliphatic hydroxyl groups is 1. The molecule has 1 aromatic heterocycles. The van der Waals surface area contributed by atoms with Gasteiger partial charge in [-0.1, -0.05) is 48.5 Å². The number of benzene rings is 2. The molecule has 0 saturated heterocycles. The van der Waals surface area contributed by atoms with Gasteiger partial charge in [-0.3, -0.25) is 0 Å². The summed E-state index contributed by atoms with van der Waals surface area (Å²) in [6.45, 7) is 1.05. The average molecular weight is 344 g/mol. The van der Waals surface area contributed by atoms with Crippen LogP contribution in [0.25, 0.3) is 22.2 Å². The topological polar surface area (TPSA) is 57.2 Å². The van der Waals surface area contributed by atoms with Gasteiger partial charge in [0.25, 0.3) is 0 Å². The number of nitrogens with one attached hydrogen (secondary N) is 2. The number of aliphatic hydroxyl groups excluding tert-OH is 1. The van der Waals surface area contributed by atoms with Crippen molar-refractivity contribution in [3.05, 3.63) is 60.7 Å². The Labute approximate surface area is 148 Å². The Morgan fingerprint density at radius 3 is 2.46 bits per heavy atom. The second kappa shape index (κ2) is 8.64. The summed E-state index contributed by atoms with van der Waals surface area (Å²) < 4.78 is 0. The van der Waals surface area contributed by atoms with E-state index in [9.17, 15) is 5.11 Å². The molecule has 0 aliphatic heterocycles. The highest BCUT2D eigenvalue weighted by atomic mass is 35.5. The number of hydrogen-bond donors (Lipinski definition) is 3. The first-order chi connectivity index (χ1) is 11.3. The number of fused-ring (bicyclic) bond motifs is 1. The lowest BCUT2D eigenvalue weighted by atomic mass is 10.1. The number of nitrogens with zero attached hydrogens (tertiary/aromatic N) is 1. The third-order valence-corrected chi connectivity index (χ3v) is 3.75. The Balaban J connectivity index is 0.00000208. The Morgan fingerprint density at radius 1 is 1.00 bits per heavy atom. The second-order valence-electron chi connectivity index (χ2n) is 5.53. The van der Waals surface area contributed by atoms with E-state index >= 15 is 0 Å². The van der Waals surface area contributed by atoms with Crippen LogP contribution in [0.3, 0.4) is 0 Å². The molecule has 5 heteroatoms. The minimum Gasteiger partial charge on any atom is -0.390 e. The van der Waals surface area contributed by atoms with Gasteiger partial charge < -0.3 is 15.7 Å². The highest BCUT2D eigenvalue weighted by molar-refractivity contribution is 5.93. The van der Waals surface area contributed by atoms with Crippen molar-refractivity contribution in [3.63, 3.8) is 0 Å². The third kappa shape index (κ3) is 4.23. The molecule has 3 aromatic rings. The SMILES string of the molecule is CNCC(O)CNc1cc(-c2ccccc2)nc2ccccc12.Cl. The quantitative estimate of drug-likeness (QED) is 0.642. The zero-order chi connectivity index (χ0) is 16.1. The summed E-state index contributed by atoms with van der Waals surface area (Å²) in [5, 5.41) is 17.3. The van der Waals surface area contributed by atoms with Crippen LogP contribution < -0.4 is 10.6 Å². The minimum atomic E-state index is -0.438. The van der Waals surface area contributed by atoms with E-state index < -0.39 is 6.10 Å². The van der Waals surface area contributed by atoms with Crippen molar-refractivity contribution in [2.45, 2.75) is 6.10 Å². The van der Waals surface area contributed by atoms with E-state index in [1.807, 2.05) is 55.6 Å². The number of likely N-dealkylation sites (N-methyl/N-ethyl adjacent to an activating group) is 1. The van der Waals surface area contributed by atoms with E-state index in [4.69, 9.17) is 4.98 Å². The monoisotopic (exact) mass is 343 g/mol. The smallest absolute Gasteiger partial charge is 0.0836 e.